The minimum absolute atomic E-state index is 0. The zero-order valence-electron chi connectivity index (χ0n) is 16.7. The topological polar surface area (TPSA) is 75.6 Å². The molecule has 0 amide bonds. The molecule has 0 radical (unpaired) electrons. The second-order valence-corrected chi connectivity index (χ2v) is 7.48. The molecular weight excluding hydrogens is 499 g/mol. The van der Waals surface area contributed by atoms with Crippen molar-refractivity contribution in [2.45, 2.75) is 31.7 Å². The van der Waals surface area contributed by atoms with Crippen LogP contribution in [0.25, 0.3) is 0 Å². The first kappa shape index (κ1) is 23.3. The van der Waals surface area contributed by atoms with Gasteiger partial charge in [0.2, 0.25) is 0 Å². The summed E-state index contributed by atoms with van der Waals surface area (Å²) in [5.41, 5.74) is 1.92. The molecule has 1 aromatic carbocycles. The highest BCUT2D eigenvalue weighted by Crippen LogP contribution is 2.16. The van der Waals surface area contributed by atoms with E-state index in [1.54, 1.807) is 6.26 Å². The number of aromatic nitrogens is 1. The largest absolute Gasteiger partial charge is 0.469 e. The van der Waals surface area contributed by atoms with E-state index in [1.165, 1.54) is 4.90 Å². The van der Waals surface area contributed by atoms with Gasteiger partial charge in [0.05, 0.1) is 18.5 Å². The fourth-order valence-corrected chi connectivity index (χ4v) is 3.46. The lowest BCUT2D eigenvalue weighted by Crippen LogP contribution is -2.39. The summed E-state index contributed by atoms with van der Waals surface area (Å²) in [6.07, 6.45) is 2.50. The summed E-state index contributed by atoms with van der Waals surface area (Å²) in [6.45, 7) is 5.94. The lowest BCUT2D eigenvalue weighted by Gasteiger charge is -2.12. The number of benzene rings is 1. The molecule has 6 nitrogen and oxygen atoms in total. The van der Waals surface area contributed by atoms with E-state index >= 15 is 0 Å². The first-order valence-corrected chi connectivity index (χ1v) is 10.3. The summed E-state index contributed by atoms with van der Waals surface area (Å²) in [5.74, 6) is 3.50. The van der Waals surface area contributed by atoms with Crippen LogP contribution in [-0.4, -0.2) is 30.0 Å². The molecule has 2 heterocycles. The number of aryl methyl sites for hydroxylation is 2. The number of hydrogen-bond donors (Lipinski definition) is 2. The summed E-state index contributed by atoms with van der Waals surface area (Å²) < 4.78 is 10.6. The highest BCUT2D eigenvalue weighted by molar-refractivity contribution is 14.0. The Balaban J connectivity index is 0.00000300. The molecule has 0 aliphatic carbocycles. The molecule has 0 aliphatic rings. The van der Waals surface area contributed by atoms with E-state index < -0.39 is 0 Å². The predicted molar refractivity (Wildman–Crippen MR) is 128 cm³/mol. The van der Waals surface area contributed by atoms with Crippen molar-refractivity contribution in [3.05, 3.63) is 71.5 Å². The van der Waals surface area contributed by atoms with Crippen LogP contribution in [0.2, 0.25) is 0 Å². The Kier molecular flexibility index (Phi) is 10.1. The fraction of sp³-hybridized carbons (Fsp3) is 0.333. The SMILES string of the molecule is Cc1noc(C)c1CN=C(NCCSc1ccccc1)NCCc1ccco1.I. The molecule has 156 valence electrons. The molecule has 0 saturated carbocycles. The van der Waals surface area contributed by atoms with Crippen molar-refractivity contribution in [3.8, 4) is 0 Å². The van der Waals surface area contributed by atoms with E-state index in [1.807, 2.05) is 43.8 Å². The van der Waals surface area contributed by atoms with Gasteiger partial charge in [-0.3, -0.25) is 0 Å². The first-order chi connectivity index (χ1) is 13.7. The predicted octanol–water partition coefficient (Wildman–Crippen LogP) is 4.57. The lowest BCUT2D eigenvalue weighted by molar-refractivity contribution is 0.392. The van der Waals surface area contributed by atoms with E-state index in [0.29, 0.717) is 6.54 Å². The Bertz CT molecular complexity index is 847. The Morgan fingerprint density at radius 3 is 2.55 bits per heavy atom. The van der Waals surface area contributed by atoms with Crippen LogP contribution < -0.4 is 10.6 Å². The summed E-state index contributed by atoms with van der Waals surface area (Å²) in [4.78, 5) is 5.97. The van der Waals surface area contributed by atoms with Crippen LogP contribution in [0.4, 0.5) is 0 Å². The van der Waals surface area contributed by atoms with Crippen molar-refractivity contribution in [1.29, 1.82) is 0 Å². The Morgan fingerprint density at radius 1 is 1.07 bits per heavy atom. The van der Waals surface area contributed by atoms with Crippen molar-refractivity contribution in [1.82, 2.24) is 15.8 Å². The molecule has 0 spiro atoms. The Hall–Kier alpha value is -1.94. The number of hydrogen-bond acceptors (Lipinski definition) is 5. The minimum Gasteiger partial charge on any atom is -0.469 e. The van der Waals surface area contributed by atoms with Gasteiger partial charge in [-0.05, 0) is 38.1 Å². The van der Waals surface area contributed by atoms with Crippen LogP contribution in [0.1, 0.15) is 22.8 Å². The fourth-order valence-electron chi connectivity index (χ4n) is 2.67. The van der Waals surface area contributed by atoms with Gasteiger partial charge in [0.15, 0.2) is 5.96 Å². The van der Waals surface area contributed by atoms with Crippen LogP contribution in [0.5, 0.6) is 0 Å². The van der Waals surface area contributed by atoms with Gasteiger partial charge >= 0.3 is 0 Å². The number of nitrogens with one attached hydrogen (secondary N) is 2. The quantitative estimate of drug-likeness (QED) is 0.140. The number of rotatable bonds is 9. The molecule has 2 N–H and O–H groups in total. The van der Waals surface area contributed by atoms with E-state index in [0.717, 1.165) is 54.0 Å². The van der Waals surface area contributed by atoms with E-state index in [2.05, 4.69) is 40.1 Å². The third kappa shape index (κ3) is 7.77. The first-order valence-electron chi connectivity index (χ1n) is 9.36. The second kappa shape index (κ2) is 12.6. The average molecular weight is 526 g/mol. The van der Waals surface area contributed by atoms with Crippen LogP contribution >= 0.6 is 35.7 Å². The van der Waals surface area contributed by atoms with Crippen LogP contribution in [0, 0.1) is 13.8 Å². The maximum absolute atomic E-state index is 5.39. The summed E-state index contributed by atoms with van der Waals surface area (Å²) in [7, 11) is 0. The van der Waals surface area contributed by atoms with Crippen molar-refractivity contribution in [3.63, 3.8) is 0 Å². The molecule has 8 heteroatoms. The molecule has 0 aliphatic heterocycles. The van der Waals surface area contributed by atoms with E-state index in [-0.39, 0.29) is 24.0 Å². The summed E-state index contributed by atoms with van der Waals surface area (Å²) in [5, 5.41) is 10.8. The lowest BCUT2D eigenvalue weighted by atomic mass is 10.2. The minimum atomic E-state index is 0. The zero-order valence-corrected chi connectivity index (χ0v) is 19.8. The average Bonchev–Trinajstić information content (AvgIpc) is 3.34. The maximum atomic E-state index is 5.39. The van der Waals surface area contributed by atoms with Gasteiger partial charge < -0.3 is 19.6 Å². The summed E-state index contributed by atoms with van der Waals surface area (Å²) >= 11 is 1.82. The zero-order chi connectivity index (χ0) is 19.6. The molecule has 3 rings (SSSR count). The molecule has 0 unspecified atom stereocenters. The van der Waals surface area contributed by atoms with Crippen molar-refractivity contribution in [2.24, 2.45) is 4.99 Å². The van der Waals surface area contributed by atoms with Gasteiger partial charge in [-0.15, -0.1) is 35.7 Å². The van der Waals surface area contributed by atoms with Gasteiger partial charge in [0.1, 0.15) is 11.5 Å². The number of thioether (sulfide) groups is 1. The molecule has 0 bridgehead atoms. The van der Waals surface area contributed by atoms with Crippen molar-refractivity contribution >= 4 is 41.7 Å². The number of furan rings is 1. The van der Waals surface area contributed by atoms with Gasteiger partial charge in [-0.2, -0.15) is 0 Å². The van der Waals surface area contributed by atoms with Crippen molar-refractivity contribution in [2.75, 3.05) is 18.8 Å². The molecular formula is C21H27IN4O2S. The monoisotopic (exact) mass is 526 g/mol. The second-order valence-electron chi connectivity index (χ2n) is 6.31. The number of aliphatic imine (C=N–C) groups is 1. The molecule has 29 heavy (non-hydrogen) atoms. The molecule has 0 saturated heterocycles. The third-order valence-electron chi connectivity index (χ3n) is 4.23. The van der Waals surface area contributed by atoms with E-state index in [9.17, 15) is 0 Å². The number of nitrogens with zero attached hydrogens (tertiary/aromatic N) is 2. The normalized spacial score (nSPS) is 11.2. The Morgan fingerprint density at radius 2 is 1.86 bits per heavy atom. The van der Waals surface area contributed by atoms with E-state index in [4.69, 9.17) is 13.9 Å². The van der Waals surface area contributed by atoms with Crippen LogP contribution in [-0.2, 0) is 13.0 Å². The van der Waals surface area contributed by atoms with Gasteiger partial charge in [-0.1, -0.05) is 23.4 Å². The van der Waals surface area contributed by atoms with Crippen LogP contribution in [0.15, 0.2) is 67.6 Å². The Labute approximate surface area is 192 Å². The molecule has 0 atom stereocenters. The molecule has 0 fully saturated rings. The van der Waals surface area contributed by atoms with Gasteiger partial charge in [0, 0.05) is 35.7 Å². The third-order valence-corrected chi connectivity index (χ3v) is 5.24. The van der Waals surface area contributed by atoms with Crippen molar-refractivity contribution < 1.29 is 8.94 Å². The van der Waals surface area contributed by atoms with Gasteiger partial charge in [0.25, 0.3) is 0 Å². The van der Waals surface area contributed by atoms with Crippen LogP contribution in [0.3, 0.4) is 0 Å². The standard InChI is InChI=1S/C21H26N4O2S.HI/c1-16-20(17(2)27-25-16)15-24-21(22-11-10-18-7-6-13-26-18)23-12-14-28-19-8-4-3-5-9-19;/h3-9,13H,10-12,14-15H2,1-2H3,(H2,22,23,24);1H. The highest BCUT2D eigenvalue weighted by atomic mass is 127. The smallest absolute Gasteiger partial charge is 0.191 e. The molecule has 2 aromatic heterocycles. The number of guanidine groups is 1. The highest BCUT2D eigenvalue weighted by Gasteiger charge is 2.09. The van der Waals surface area contributed by atoms with Gasteiger partial charge in [-0.25, -0.2) is 4.99 Å². The molecule has 3 aromatic rings. The maximum Gasteiger partial charge on any atom is 0.191 e. The number of halogens is 1. The summed E-state index contributed by atoms with van der Waals surface area (Å²) in [6, 6.07) is 14.3.